The fraction of sp³-hybridized carbons (Fsp3) is 1.00. The van der Waals surface area contributed by atoms with E-state index in [-0.39, 0.29) is 0 Å². The summed E-state index contributed by atoms with van der Waals surface area (Å²) in [6.07, 6.45) is 5.28. The van der Waals surface area contributed by atoms with Crippen LogP contribution in [-0.4, -0.2) is 25.9 Å². The molecule has 0 aromatic carbocycles. The van der Waals surface area contributed by atoms with Crippen molar-refractivity contribution in [3.63, 3.8) is 0 Å². The van der Waals surface area contributed by atoms with Crippen LogP contribution in [-0.2, 0) is 9.47 Å². The van der Waals surface area contributed by atoms with Crippen LogP contribution in [0.4, 0.5) is 0 Å². The molecule has 2 heteroatoms. The summed E-state index contributed by atoms with van der Waals surface area (Å²) in [6, 6.07) is 0. The molecule has 1 unspecified atom stereocenters. The average molecular weight is 188 g/mol. The lowest BCUT2D eigenvalue weighted by Crippen LogP contribution is -2.15. The summed E-state index contributed by atoms with van der Waals surface area (Å²) in [6.45, 7) is 8.67. The van der Waals surface area contributed by atoms with E-state index in [1.165, 1.54) is 19.3 Å². The van der Waals surface area contributed by atoms with Crippen LogP contribution in [0.5, 0.6) is 0 Å². The smallest absolute Gasteiger partial charge is 0.0704 e. The van der Waals surface area contributed by atoms with Gasteiger partial charge in [-0.3, -0.25) is 0 Å². The molecule has 0 aromatic heterocycles. The zero-order valence-electron chi connectivity index (χ0n) is 9.34. The third-order valence-corrected chi connectivity index (χ3v) is 2.12. The van der Waals surface area contributed by atoms with Gasteiger partial charge in [0.05, 0.1) is 19.3 Å². The first-order valence-corrected chi connectivity index (χ1v) is 5.54. The molecule has 0 radical (unpaired) electrons. The van der Waals surface area contributed by atoms with Crippen LogP contribution in [0.1, 0.15) is 46.5 Å². The molecule has 13 heavy (non-hydrogen) atoms. The topological polar surface area (TPSA) is 18.5 Å². The van der Waals surface area contributed by atoms with Gasteiger partial charge in [-0.05, 0) is 19.8 Å². The normalized spacial score (nSPS) is 13.2. The van der Waals surface area contributed by atoms with Crippen molar-refractivity contribution in [2.45, 2.75) is 52.6 Å². The Labute approximate surface area is 82.6 Å². The van der Waals surface area contributed by atoms with Crippen molar-refractivity contribution < 1.29 is 9.47 Å². The van der Waals surface area contributed by atoms with Gasteiger partial charge in [0.1, 0.15) is 0 Å². The molecule has 1 atom stereocenters. The molecule has 0 fully saturated rings. The summed E-state index contributed by atoms with van der Waals surface area (Å²) >= 11 is 0. The third kappa shape index (κ3) is 8.26. The van der Waals surface area contributed by atoms with Crippen molar-refractivity contribution in [3.05, 3.63) is 0 Å². The molecule has 0 bridgehead atoms. The monoisotopic (exact) mass is 188 g/mol. The highest BCUT2D eigenvalue weighted by Crippen LogP contribution is 2.07. The fourth-order valence-electron chi connectivity index (χ4n) is 1.26. The second-order valence-corrected chi connectivity index (χ2v) is 3.24. The Morgan fingerprint density at radius 2 is 1.85 bits per heavy atom. The molecule has 2 nitrogen and oxygen atoms in total. The van der Waals surface area contributed by atoms with E-state index >= 15 is 0 Å². The van der Waals surface area contributed by atoms with Crippen LogP contribution in [0.15, 0.2) is 0 Å². The molecule has 0 spiro atoms. The lowest BCUT2D eigenvalue weighted by molar-refractivity contribution is 0.00166. The highest BCUT2D eigenvalue weighted by molar-refractivity contribution is 4.54. The Hall–Kier alpha value is -0.0800. The number of unbranched alkanes of at least 4 members (excludes halogenated alkanes) is 1. The van der Waals surface area contributed by atoms with Gasteiger partial charge in [0, 0.05) is 6.61 Å². The zero-order chi connectivity index (χ0) is 9.94. The first-order valence-electron chi connectivity index (χ1n) is 5.54. The summed E-state index contributed by atoms with van der Waals surface area (Å²) in [5, 5.41) is 0. The van der Waals surface area contributed by atoms with Crippen LogP contribution in [0, 0.1) is 0 Å². The summed E-state index contributed by atoms with van der Waals surface area (Å²) < 4.78 is 10.9. The van der Waals surface area contributed by atoms with Gasteiger partial charge in [0.15, 0.2) is 0 Å². The molecule has 80 valence electrons. The van der Waals surface area contributed by atoms with Crippen molar-refractivity contribution >= 4 is 0 Å². The molecule has 0 rings (SSSR count). The van der Waals surface area contributed by atoms with Gasteiger partial charge >= 0.3 is 0 Å². The van der Waals surface area contributed by atoms with E-state index in [0.29, 0.717) is 6.10 Å². The van der Waals surface area contributed by atoms with Crippen LogP contribution in [0.25, 0.3) is 0 Å². The molecule has 0 aliphatic rings. The summed E-state index contributed by atoms with van der Waals surface area (Å²) in [7, 11) is 0. The molecule has 0 aromatic rings. The number of ether oxygens (including phenoxy) is 2. The highest BCUT2D eigenvalue weighted by Gasteiger charge is 2.04. The van der Waals surface area contributed by atoms with Crippen molar-refractivity contribution in [2.24, 2.45) is 0 Å². The van der Waals surface area contributed by atoms with Gasteiger partial charge in [-0.2, -0.15) is 0 Å². The Balaban J connectivity index is 3.25. The van der Waals surface area contributed by atoms with Crippen molar-refractivity contribution in [1.29, 1.82) is 0 Å². The molecule has 0 amide bonds. The van der Waals surface area contributed by atoms with Gasteiger partial charge in [-0.1, -0.05) is 26.7 Å². The predicted octanol–water partition coefficient (Wildman–Crippen LogP) is 3.01. The van der Waals surface area contributed by atoms with Crippen molar-refractivity contribution in [2.75, 3.05) is 19.8 Å². The van der Waals surface area contributed by atoms with E-state index < -0.39 is 0 Å². The molecular formula is C11H24O2. The summed E-state index contributed by atoms with van der Waals surface area (Å²) in [5.74, 6) is 0. The van der Waals surface area contributed by atoms with Crippen molar-refractivity contribution in [3.8, 4) is 0 Å². The fourth-order valence-corrected chi connectivity index (χ4v) is 1.26. The summed E-state index contributed by atoms with van der Waals surface area (Å²) in [4.78, 5) is 0. The van der Waals surface area contributed by atoms with Crippen LogP contribution >= 0.6 is 0 Å². The van der Waals surface area contributed by atoms with Crippen LogP contribution < -0.4 is 0 Å². The first kappa shape index (κ1) is 12.9. The number of hydrogen-bond acceptors (Lipinski definition) is 2. The molecule has 0 N–H and O–H groups in total. The largest absolute Gasteiger partial charge is 0.379 e. The SMILES string of the molecule is CCCCC(CC)OCCOCC. The number of rotatable bonds is 9. The van der Waals surface area contributed by atoms with Gasteiger partial charge < -0.3 is 9.47 Å². The van der Waals surface area contributed by atoms with Gasteiger partial charge in [0.25, 0.3) is 0 Å². The summed E-state index contributed by atoms with van der Waals surface area (Å²) in [5.41, 5.74) is 0. The lowest BCUT2D eigenvalue weighted by atomic mass is 10.1. The molecule has 0 heterocycles. The number of hydrogen-bond donors (Lipinski definition) is 0. The van der Waals surface area contributed by atoms with Gasteiger partial charge in [-0.25, -0.2) is 0 Å². The van der Waals surface area contributed by atoms with Gasteiger partial charge in [-0.15, -0.1) is 0 Å². The molecule has 0 aliphatic carbocycles. The van der Waals surface area contributed by atoms with Gasteiger partial charge in [0.2, 0.25) is 0 Å². The second-order valence-electron chi connectivity index (χ2n) is 3.24. The van der Waals surface area contributed by atoms with E-state index in [2.05, 4.69) is 13.8 Å². The maximum atomic E-state index is 5.67. The zero-order valence-corrected chi connectivity index (χ0v) is 9.34. The van der Waals surface area contributed by atoms with E-state index in [1.54, 1.807) is 0 Å². The van der Waals surface area contributed by atoms with Crippen molar-refractivity contribution in [1.82, 2.24) is 0 Å². The maximum Gasteiger partial charge on any atom is 0.0704 e. The van der Waals surface area contributed by atoms with E-state index in [4.69, 9.17) is 9.47 Å². The third-order valence-electron chi connectivity index (χ3n) is 2.12. The predicted molar refractivity (Wildman–Crippen MR) is 56.0 cm³/mol. The standard InChI is InChI=1S/C11H24O2/c1-4-7-8-11(5-2)13-10-9-12-6-3/h11H,4-10H2,1-3H3. The van der Waals surface area contributed by atoms with E-state index in [0.717, 1.165) is 26.2 Å². The minimum atomic E-state index is 0.445. The highest BCUT2D eigenvalue weighted by atomic mass is 16.5. The lowest BCUT2D eigenvalue weighted by Gasteiger charge is -2.15. The Morgan fingerprint density at radius 3 is 2.38 bits per heavy atom. The van der Waals surface area contributed by atoms with E-state index in [1.807, 2.05) is 6.92 Å². The Kier molecular flexibility index (Phi) is 9.94. The minimum Gasteiger partial charge on any atom is -0.379 e. The Bertz CT molecular complexity index is 94.1. The van der Waals surface area contributed by atoms with Crippen LogP contribution in [0.3, 0.4) is 0 Å². The molecule has 0 saturated heterocycles. The quantitative estimate of drug-likeness (QED) is 0.518. The molecular weight excluding hydrogens is 164 g/mol. The molecule has 0 saturated carbocycles. The average Bonchev–Trinajstić information content (AvgIpc) is 2.17. The van der Waals surface area contributed by atoms with E-state index in [9.17, 15) is 0 Å². The Morgan fingerprint density at radius 1 is 1.08 bits per heavy atom. The molecule has 0 aliphatic heterocycles. The first-order chi connectivity index (χ1) is 6.35. The maximum absolute atomic E-state index is 5.67. The minimum absolute atomic E-state index is 0.445. The second kappa shape index (κ2) is 10.0. The van der Waals surface area contributed by atoms with Crippen LogP contribution in [0.2, 0.25) is 0 Å².